The molecular weight excluding hydrogens is 398 g/mol. The number of aliphatic hydroxyl groups excluding tert-OH is 1. The van der Waals surface area contributed by atoms with E-state index in [-0.39, 0.29) is 16.8 Å². The Balaban J connectivity index is 1.97. The third-order valence-electron chi connectivity index (χ3n) is 5.56. The zero-order valence-corrected chi connectivity index (χ0v) is 17.1. The normalized spacial score (nSPS) is 18.1. The molecule has 31 heavy (non-hydrogen) atoms. The molecule has 1 aliphatic heterocycles. The summed E-state index contributed by atoms with van der Waals surface area (Å²) in [7, 11) is 1.87. The van der Waals surface area contributed by atoms with Crippen molar-refractivity contribution in [2.45, 2.75) is 19.4 Å². The van der Waals surface area contributed by atoms with Gasteiger partial charge in [0.1, 0.15) is 5.76 Å². The summed E-state index contributed by atoms with van der Waals surface area (Å²) >= 11 is 0. The molecule has 1 aromatic heterocycles. The molecule has 8 heteroatoms. The van der Waals surface area contributed by atoms with Gasteiger partial charge in [-0.05, 0) is 12.5 Å². The molecular formula is C23H21N3O5. The van der Waals surface area contributed by atoms with E-state index in [1.54, 1.807) is 0 Å². The van der Waals surface area contributed by atoms with Gasteiger partial charge in [0, 0.05) is 54.0 Å². The van der Waals surface area contributed by atoms with Crippen molar-refractivity contribution in [2.75, 3.05) is 6.54 Å². The Morgan fingerprint density at radius 3 is 2.61 bits per heavy atom. The number of aliphatic hydroxyl groups is 1. The van der Waals surface area contributed by atoms with E-state index in [1.165, 1.54) is 29.2 Å². The first-order valence-corrected chi connectivity index (χ1v) is 9.92. The van der Waals surface area contributed by atoms with E-state index in [0.29, 0.717) is 13.0 Å². The average molecular weight is 419 g/mol. The summed E-state index contributed by atoms with van der Waals surface area (Å²) in [5.41, 5.74) is 1.49. The molecule has 1 amide bonds. The second-order valence-corrected chi connectivity index (χ2v) is 7.51. The lowest BCUT2D eigenvalue weighted by Gasteiger charge is -2.24. The molecule has 2 aromatic carbocycles. The van der Waals surface area contributed by atoms with Crippen LogP contribution in [0.1, 0.15) is 30.5 Å². The van der Waals surface area contributed by atoms with Crippen LogP contribution in [0, 0.1) is 10.1 Å². The van der Waals surface area contributed by atoms with Crippen molar-refractivity contribution >= 4 is 34.0 Å². The van der Waals surface area contributed by atoms with Crippen molar-refractivity contribution in [2.24, 2.45) is 7.05 Å². The van der Waals surface area contributed by atoms with Crippen molar-refractivity contribution in [1.82, 2.24) is 9.47 Å². The minimum Gasteiger partial charge on any atom is -0.507 e. The van der Waals surface area contributed by atoms with Crippen molar-refractivity contribution in [1.29, 1.82) is 0 Å². The third-order valence-corrected chi connectivity index (χ3v) is 5.56. The predicted molar refractivity (Wildman–Crippen MR) is 115 cm³/mol. The minimum absolute atomic E-state index is 0.0599. The number of nitrogens with zero attached hydrogens (tertiary/aromatic N) is 3. The highest BCUT2D eigenvalue weighted by Crippen LogP contribution is 2.42. The predicted octanol–water partition coefficient (Wildman–Crippen LogP) is 3.92. The molecule has 1 atom stereocenters. The molecule has 158 valence electrons. The van der Waals surface area contributed by atoms with E-state index < -0.39 is 28.4 Å². The Bertz CT molecular complexity index is 1260. The number of ketones is 1. The van der Waals surface area contributed by atoms with Gasteiger partial charge in [-0.1, -0.05) is 37.3 Å². The number of non-ortho nitro benzene ring substituents is 1. The van der Waals surface area contributed by atoms with Gasteiger partial charge < -0.3 is 14.6 Å². The number of carbonyl (C=O) groups is 2. The maximum Gasteiger partial charge on any atom is 0.295 e. The number of fused-ring (bicyclic) bond motifs is 1. The number of aromatic nitrogens is 1. The molecule has 0 spiro atoms. The van der Waals surface area contributed by atoms with E-state index in [1.807, 2.05) is 49.0 Å². The molecule has 0 radical (unpaired) electrons. The molecule has 0 aliphatic carbocycles. The Morgan fingerprint density at radius 2 is 1.90 bits per heavy atom. The van der Waals surface area contributed by atoms with Gasteiger partial charge in [-0.15, -0.1) is 0 Å². The first kappa shape index (κ1) is 20.3. The van der Waals surface area contributed by atoms with Crippen molar-refractivity contribution in [3.63, 3.8) is 0 Å². The largest absolute Gasteiger partial charge is 0.507 e. The number of para-hydroxylation sites is 1. The summed E-state index contributed by atoms with van der Waals surface area (Å²) < 4.78 is 1.91. The number of carbonyl (C=O) groups excluding carboxylic acids is 2. The summed E-state index contributed by atoms with van der Waals surface area (Å²) in [4.78, 5) is 37.9. The second-order valence-electron chi connectivity index (χ2n) is 7.51. The van der Waals surface area contributed by atoms with Gasteiger partial charge in [0.25, 0.3) is 17.4 Å². The van der Waals surface area contributed by atoms with Gasteiger partial charge in [-0.3, -0.25) is 19.7 Å². The fourth-order valence-electron chi connectivity index (χ4n) is 4.19. The van der Waals surface area contributed by atoms with E-state index in [2.05, 4.69) is 0 Å². The molecule has 3 aromatic rings. The number of amides is 1. The number of nitro groups is 1. The highest BCUT2D eigenvalue weighted by molar-refractivity contribution is 6.46. The summed E-state index contributed by atoms with van der Waals surface area (Å²) in [5, 5.41) is 23.1. The Kier molecular flexibility index (Phi) is 5.06. The number of aryl methyl sites for hydroxylation is 1. The molecule has 2 heterocycles. The van der Waals surface area contributed by atoms with Crippen molar-refractivity contribution < 1.29 is 19.6 Å². The number of benzene rings is 2. The Morgan fingerprint density at radius 1 is 1.16 bits per heavy atom. The van der Waals surface area contributed by atoms with Crippen LogP contribution in [-0.4, -0.2) is 37.7 Å². The van der Waals surface area contributed by atoms with E-state index in [9.17, 15) is 24.8 Å². The lowest BCUT2D eigenvalue weighted by molar-refractivity contribution is -0.384. The molecule has 1 fully saturated rings. The molecule has 0 saturated carbocycles. The maximum absolute atomic E-state index is 13.0. The SMILES string of the molecule is CCCN1C(=O)C(=O)/C(=C(/O)c2cccc([N+](=O)[O-])c2)C1c1cn(C)c2ccccc12. The quantitative estimate of drug-likeness (QED) is 0.222. The van der Waals surface area contributed by atoms with Gasteiger partial charge in [-0.2, -0.15) is 0 Å². The summed E-state index contributed by atoms with van der Waals surface area (Å²) in [6, 6.07) is 12.2. The second kappa shape index (κ2) is 7.71. The highest BCUT2D eigenvalue weighted by Gasteiger charge is 2.46. The molecule has 1 unspecified atom stereocenters. The first-order valence-electron chi connectivity index (χ1n) is 9.92. The molecule has 1 saturated heterocycles. The molecule has 1 aliphatic rings. The Labute approximate surface area is 178 Å². The minimum atomic E-state index is -0.796. The van der Waals surface area contributed by atoms with Crippen LogP contribution < -0.4 is 0 Å². The van der Waals surface area contributed by atoms with Gasteiger partial charge in [0.05, 0.1) is 16.5 Å². The van der Waals surface area contributed by atoms with Crippen molar-refractivity contribution in [3.8, 4) is 0 Å². The maximum atomic E-state index is 13.0. The number of Topliss-reactive ketones (excluding diaryl/α,β-unsaturated/α-hetero) is 1. The topological polar surface area (TPSA) is 106 Å². The number of hydrogen-bond acceptors (Lipinski definition) is 5. The molecule has 8 nitrogen and oxygen atoms in total. The monoisotopic (exact) mass is 419 g/mol. The van der Waals surface area contributed by atoms with Crippen LogP contribution in [0.5, 0.6) is 0 Å². The smallest absolute Gasteiger partial charge is 0.295 e. The van der Waals surface area contributed by atoms with Crippen LogP contribution in [0.4, 0.5) is 5.69 Å². The number of rotatable bonds is 5. The van der Waals surface area contributed by atoms with E-state index in [0.717, 1.165) is 16.5 Å². The summed E-state index contributed by atoms with van der Waals surface area (Å²) in [6.07, 6.45) is 2.48. The third kappa shape index (κ3) is 3.26. The van der Waals surface area contributed by atoms with E-state index >= 15 is 0 Å². The van der Waals surface area contributed by atoms with Crippen molar-refractivity contribution in [3.05, 3.63) is 81.5 Å². The van der Waals surface area contributed by atoms with Gasteiger partial charge in [0.15, 0.2) is 0 Å². The zero-order valence-electron chi connectivity index (χ0n) is 17.1. The highest BCUT2D eigenvalue weighted by atomic mass is 16.6. The molecule has 1 N–H and O–H groups in total. The molecule has 0 bridgehead atoms. The van der Waals surface area contributed by atoms with Crippen LogP contribution in [0.15, 0.2) is 60.3 Å². The van der Waals surface area contributed by atoms with Crippen LogP contribution in [0.25, 0.3) is 16.7 Å². The van der Waals surface area contributed by atoms with Gasteiger partial charge in [0.2, 0.25) is 0 Å². The summed E-state index contributed by atoms with van der Waals surface area (Å²) in [6.45, 7) is 2.24. The Hall–Kier alpha value is -3.94. The van der Waals surface area contributed by atoms with Crippen LogP contribution in [0.2, 0.25) is 0 Å². The van der Waals surface area contributed by atoms with Gasteiger partial charge >= 0.3 is 0 Å². The standard InChI is InChI=1S/C23H21N3O5/c1-3-11-25-20(17-13-24(2)18-10-5-4-9-16(17)18)19(22(28)23(25)29)21(27)14-7-6-8-15(12-14)26(30)31/h4-10,12-13,20,27H,3,11H2,1-2H3/b21-19+. The van der Waals surface area contributed by atoms with Crippen LogP contribution in [0.3, 0.4) is 0 Å². The van der Waals surface area contributed by atoms with Crippen LogP contribution >= 0.6 is 0 Å². The van der Waals surface area contributed by atoms with Crippen LogP contribution in [-0.2, 0) is 16.6 Å². The zero-order chi connectivity index (χ0) is 22.3. The number of hydrogen-bond donors (Lipinski definition) is 1. The average Bonchev–Trinajstić information content (AvgIpc) is 3.23. The van der Waals surface area contributed by atoms with E-state index in [4.69, 9.17) is 0 Å². The first-order chi connectivity index (χ1) is 14.8. The molecule has 4 rings (SSSR count). The fourth-order valence-corrected chi connectivity index (χ4v) is 4.19. The lowest BCUT2D eigenvalue weighted by Crippen LogP contribution is -2.30. The number of nitro benzene ring substituents is 1. The summed E-state index contributed by atoms with van der Waals surface area (Å²) in [5.74, 6) is -1.90. The fraction of sp³-hybridized carbons (Fsp3) is 0.217. The van der Waals surface area contributed by atoms with Gasteiger partial charge in [-0.25, -0.2) is 0 Å². The lowest BCUT2D eigenvalue weighted by atomic mass is 9.95. The number of likely N-dealkylation sites (tertiary alicyclic amines) is 1.